The molecule has 1 unspecified atom stereocenters. The van der Waals surface area contributed by atoms with Crippen molar-refractivity contribution in [3.8, 4) is 0 Å². The van der Waals surface area contributed by atoms with Crippen LogP contribution in [0.4, 0.5) is 13.7 Å². The Kier molecular flexibility index (Phi) is 4.93. The number of hydrogen-bond donors (Lipinski definition) is 0. The van der Waals surface area contributed by atoms with E-state index >= 15 is 0 Å². The van der Waals surface area contributed by atoms with Gasteiger partial charge in [0.2, 0.25) is 0 Å². The average molecular weight is 347 g/mol. The summed E-state index contributed by atoms with van der Waals surface area (Å²) in [7, 11) is 1.63. The van der Waals surface area contributed by atoms with Crippen molar-refractivity contribution < 1.29 is 28.2 Å². The largest absolute Gasteiger partial charge is 0.444 e. The van der Waals surface area contributed by atoms with Gasteiger partial charge in [-0.3, -0.25) is 0 Å². The van der Waals surface area contributed by atoms with Crippen LogP contribution in [0.2, 0.25) is 0 Å². The van der Waals surface area contributed by atoms with E-state index in [9.17, 15) is 18.5 Å². The Hall–Kier alpha value is -1.70. The van der Waals surface area contributed by atoms with Gasteiger partial charge in [0.15, 0.2) is 10.7 Å². The Morgan fingerprint density at radius 2 is 2.00 bits per heavy atom. The smallest absolute Gasteiger partial charge is 0.410 e. The fourth-order valence-electron chi connectivity index (χ4n) is 2.51. The maximum Gasteiger partial charge on any atom is 0.410 e. The first-order valence-corrected chi connectivity index (χ1v) is 8.04. The number of amides is 1. The minimum absolute atomic E-state index is 0.162. The topological polar surface area (TPSA) is 55.8 Å². The van der Waals surface area contributed by atoms with Crippen LogP contribution >= 0.6 is 11.3 Å². The molecule has 0 saturated heterocycles. The van der Waals surface area contributed by atoms with E-state index in [1.54, 1.807) is 27.8 Å². The fraction of sp³-hybridized carbons (Fsp3) is 0.600. The monoisotopic (exact) mass is 347 g/mol. The van der Waals surface area contributed by atoms with Crippen LogP contribution in [0.1, 0.15) is 47.3 Å². The summed E-state index contributed by atoms with van der Waals surface area (Å²) < 4.78 is 31.4. The molecule has 23 heavy (non-hydrogen) atoms. The molecule has 0 spiro atoms. The molecule has 128 valence electrons. The van der Waals surface area contributed by atoms with Crippen molar-refractivity contribution in [1.29, 1.82) is 0 Å². The molecule has 5 nitrogen and oxygen atoms in total. The molecule has 0 aromatic carbocycles. The number of fused-ring (bicyclic) bond motifs is 1. The van der Waals surface area contributed by atoms with Gasteiger partial charge in [-0.2, -0.15) is 0 Å². The highest BCUT2D eigenvalue weighted by Gasteiger charge is 2.33. The number of carbonyl (C=O) groups is 2. The quantitative estimate of drug-likeness (QED) is 0.819. The lowest BCUT2D eigenvalue weighted by Crippen LogP contribution is -2.43. The first-order chi connectivity index (χ1) is 10.6. The Bertz CT molecular complexity index is 624. The van der Waals surface area contributed by atoms with Crippen LogP contribution in [-0.2, 0) is 22.5 Å². The third kappa shape index (κ3) is 3.80. The molecule has 1 aliphatic rings. The molecule has 0 aliphatic heterocycles. The summed E-state index contributed by atoms with van der Waals surface area (Å²) >= 11 is 0.872. The van der Waals surface area contributed by atoms with E-state index in [1.165, 1.54) is 4.90 Å². The molecule has 0 N–H and O–H groups in total. The van der Waals surface area contributed by atoms with Crippen LogP contribution < -0.4 is 0 Å². The molecule has 1 amide bonds. The summed E-state index contributed by atoms with van der Waals surface area (Å²) in [6.07, 6.45) is 0.855. The number of halogens is 2. The number of ether oxygens (including phenoxy) is 1. The minimum Gasteiger partial charge on any atom is -0.444 e. The first-order valence-electron chi connectivity index (χ1n) is 7.22. The molecule has 1 aromatic rings. The van der Waals surface area contributed by atoms with Crippen molar-refractivity contribution in [3.05, 3.63) is 21.1 Å². The molecule has 0 bridgehead atoms. The molecule has 8 heteroatoms. The molecular formula is C15H19F2NO4S. The van der Waals surface area contributed by atoms with Gasteiger partial charge in [-0.25, -0.2) is 18.9 Å². The fourth-order valence-corrected chi connectivity index (χ4v) is 3.67. The van der Waals surface area contributed by atoms with Crippen LogP contribution in [0.3, 0.4) is 0 Å². The second-order valence-corrected chi connectivity index (χ2v) is 7.60. The van der Waals surface area contributed by atoms with Crippen molar-refractivity contribution in [2.75, 3.05) is 7.05 Å². The van der Waals surface area contributed by atoms with Gasteiger partial charge in [0, 0.05) is 34.5 Å². The normalized spacial score (nSPS) is 17.4. The van der Waals surface area contributed by atoms with Crippen molar-refractivity contribution in [3.63, 3.8) is 0 Å². The molecule has 2 rings (SSSR count). The molecule has 0 fully saturated rings. The highest BCUT2D eigenvalue weighted by Crippen LogP contribution is 2.35. The number of nitrogens with zero attached hydrogens (tertiary/aromatic N) is 1. The SMILES string of the molecule is CN(C(=O)OC(C)(C)C)C1CCc2c(sc(C(=O)OF)c2F)C1. The van der Waals surface area contributed by atoms with Gasteiger partial charge in [-0.15, -0.1) is 11.3 Å². The van der Waals surface area contributed by atoms with Gasteiger partial charge in [-0.05, 0) is 33.6 Å². The lowest BCUT2D eigenvalue weighted by molar-refractivity contribution is -0.0786. The van der Waals surface area contributed by atoms with Gasteiger partial charge in [0.05, 0.1) is 0 Å². The maximum atomic E-state index is 14.1. The van der Waals surface area contributed by atoms with Gasteiger partial charge in [-0.1, -0.05) is 0 Å². The van der Waals surface area contributed by atoms with Gasteiger partial charge in [0.1, 0.15) is 5.60 Å². The van der Waals surface area contributed by atoms with Crippen LogP contribution in [0.5, 0.6) is 0 Å². The molecule has 1 aromatic heterocycles. The number of carbonyl (C=O) groups excluding carboxylic acids is 2. The third-order valence-electron chi connectivity index (χ3n) is 3.66. The van der Waals surface area contributed by atoms with Crippen LogP contribution in [0.15, 0.2) is 0 Å². The standard InChI is InChI=1S/C15H19F2NO4S/c1-15(2,3)21-14(20)18(4)8-5-6-9-10(7-8)23-12(11(9)16)13(19)22-17/h8H,5-7H2,1-4H3. The highest BCUT2D eigenvalue weighted by atomic mass is 32.1. The van der Waals surface area contributed by atoms with Gasteiger partial charge >= 0.3 is 12.1 Å². The van der Waals surface area contributed by atoms with Crippen LogP contribution in [0.25, 0.3) is 0 Å². The number of rotatable bonds is 2. The highest BCUT2D eigenvalue weighted by molar-refractivity contribution is 7.14. The summed E-state index contributed by atoms with van der Waals surface area (Å²) in [5.41, 5.74) is -0.192. The first kappa shape index (κ1) is 17.7. The zero-order valence-corrected chi connectivity index (χ0v) is 14.3. The number of hydrogen-bond acceptors (Lipinski definition) is 5. The minimum atomic E-state index is -1.32. The summed E-state index contributed by atoms with van der Waals surface area (Å²) in [4.78, 5) is 28.2. The Morgan fingerprint density at radius 3 is 2.57 bits per heavy atom. The summed E-state index contributed by atoms with van der Waals surface area (Å²) in [5, 5.41) is 0. The molecular weight excluding hydrogens is 328 g/mol. The van der Waals surface area contributed by atoms with Crippen molar-refractivity contribution in [1.82, 2.24) is 4.90 Å². The van der Waals surface area contributed by atoms with Crippen molar-refractivity contribution in [2.45, 2.75) is 51.7 Å². The Morgan fingerprint density at radius 1 is 1.35 bits per heavy atom. The lowest BCUT2D eigenvalue weighted by Gasteiger charge is -2.32. The van der Waals surface area contributed by atoms with E-state index in [2.05, 4.69) is 4.94 Å². The summed E-state index contributed by atoms with van der Waals surface area (Å²) in [6, 6.07) is -0.162. The van der Waals surface area contributed by atoms with E-state index in [0.717, 1.165) is 11.3 Å². The molecule has 0 saturated carbocycles. The number of likely N-dealkylation sites (N-methyl/N-ethyl adjacent to an activating group) is 1. The predicted molar refractivity (Wildman–Crippen MR) is 80.6 cm³/mol. The van der Waals surface area contributed by atoms with E-state index < -0.39 is 23.5 Å². The van der Waals surface area contributed by atoms with E-state index in [0.29, 0.717) is 29.7 Å². The van der Waals surface area contributed by atoms with Crippen molar-refractivity contribution in [2.24, 2.45) is 0 Å². The average Bonchev–Trinajstić information content (AvgIpc) is 2.80. The van der Waals surface area contributed by atoms with Crippen LogP contribution in [0, 0.1) is 5.82 Å². The summed E-state index contributed by atoms with van der Waals surface area (Å²) in [6.45, 7) is 5.34. The lowest BCUT2D eigenvalue weighted by atomic mass is 9.93. The van der Waals surface area contributed by atoms with Gasteiger partial charge in [0.25, 0.3) is 0 Å². The van der Waals surface area contributed by atoms with Gasteiger partial charge < -0.3 is 9.64 Å². The third-order valence-corrected chi connectivity index (χ3v) is 4.87. The predicted octanol–water partition coefficient (Wildman–Crippen LogP) is 3.65. The second-order valence-electron chi connectivity index (χ2n) is 6.50. The van der Waals surface area contributed by atoms with Crippen molar-refractivity contribution >= 4 is 23.4 Å². The zero-order valence-electron chi connectivity index (χ0n) is 13.4. The Labute approximate surface area is 137 Å². The molecule has 0 radical (unpaired) electrons. The Balaban J connectivity index is 2.14. The zero-order chi connectivity index (χ0) is 17.4. The summed E-state index contributed by atoms with van der Waals surface area (Å²) in [5.74, 6) is -2.04. The van der Waals surface area contributed by atoms with E-state index in [4.69, 9.17) is 4.74 Å². The second kappa shape index (κ2) is 6.43. The van der Waals surface area contributed by atoms with E-state index in [-0.39, 0.29) is 10.9 Å². The van der Waals surface area contributed by atoms with Crippen LogP contribution in [-0.4, -0.2) is 35.7 Å². The molecule has 1 atom stereocenters. The molecule has 1 heterocycles. The molecule has 1 aliphatic carbocycles. The maximum absolute atomic E-state index is 14.1. The number of thiophene rings is 1. The van der Waals surface area contributed by atoms with E-state index in [1.807, 2.05) is 0 Å².